The third kappa shape index (κ3) is 4.57. The average molecular weight is 429 g/mol. The SMILES string of the molecule is Cc1nc(N2CCN(C=O)CC2)nc(NC(C)c2ccc(Cl)cc2Cl)c1Cl. The number of rotatable bonds is 5. The molecule has 6 nitrogen and oxygen atoms in total. The molecule has 27 heavy (non-hydrogen) atoms. The van der Waals surface area contributed by atoms with Gasteiger partial charge in [-0.05, 0) is 31.5 Å². The molecule has 9 heteroatoms. The van der Waals surface area contributed by atoms with Gasteiger partial charge in [0.05, 0.1) is 11.7 Å². The van der Waals surface area contributed by atoms with Gasteiger partial charge >= 0.3 is 0 Å². The highest BCUT2D eigenvalue weighted by Crippen LogP contribution is 2.32. The van der Waals surface area contributed by atoms with Crippen LogP contribution in [0.3, 0.4) is 0 Å². The van der Waals surface area contributed by atoms with Crippen LogP contribution >= 0.6 is 34.8 Å². The quantitative estimate of drug-likeness (QED) is 0.723. The maximum absolute atomic E-state index is 10.9. The lowest BCUT2D eigenvalue weighted by atomic mass is 10.1. The molecule has 144 valence electrons. The predicted molar refractivity (Wildman–Crippen MR) is 110 cm³/mol. The first kappa shape index (κ1) is 20.0. The van der Waals surface area contributed by atoms with Crippen molar-refractivity contribution >= 4 is 53.0 Å². The second kappa shape index (κ2) is 8.50. The van der Waals surface area contributed by atoms with Crippen molar-refractivity contribution in [1.29, 1.82) is 0 Å². The molecule has 0 spiro atoms. The van der Waals surface area contributed by atoms with Crippen molar-refractivity contribution in [2.75, 3.05) is 36.4 Å². The van der Waals surface area contributed by atoms with Gasteiger partial charge in [0, 0.05) is 36.2 Å². The third-order valence-electron chi connectivity index (χ3n) is 4.53. The van der Waals surface area contributed by atoms with Crippen LogP contribution in [0.25, 0.3) is 0 Å². The number of carbonyl (C=O) groups is 1. The van der Waals surface area contributed by atoms with Crippen LogP contribution in [0.4, 0.5) is 11.8 Å². The number of hydrogen-bond acceptors (Lipinski definition) is 5. The van der Waals surface area contributed by atoms with Gasteiger partial charge in [-0.2, -0.15) is 4.98 Å². The van der Waals surface area contributed by atoms with Crippen LogP contribution in [0, 0.1) is 6.92 Å². The minimum atomic E-state index is -0.124. The summed E-state index contributed by atoms with van der Waals surface area (Å²) in [7, 11) is 0. The number of hydrogen-bond donors (Lipinski definition) is 1. The molecule has 2 aromatic rings. The van der Waals surface area contributed by atoms with Crippen molar-refractivity contribution in [3.8, 4) is 0 Å². The summed E-state index contributed by atoms with van der Waals surface area (Å²) in [6.07, 6.45) is 0.871. The Kier molecular flexibility index (Phi) is 6.29. The molecule has 1 aliphatic heterocycles. The molecule has 3 rings (SSSR count). The van der Waals surface area contributed by atoms with Crippen LogP contribution < -0.4 is 10.2 Å². The molecule has 1 saturated heterocycles. The van der Waals surface area contributed by atoms with Gasteiger partial charge in [-0.3, -0.25) is 4.79 Å². The average Bonchev–Trinajstić information content (AvgIpc) is 2.65. The summed E-state index contributed by atoms with van der Waals surface area (Å²) in [4.78, 5) is 23.8. The number of benzene rings is 1. The second-order valence-corrected chi connectivity index (χ2v) is 7.65. The largest absolute Gasteiger partial charge is 0.362 e. The topological polar surface area (TPSA) is 61.4 Å². The highest BCUT2D eigenvalue weighted by molar-refractivity contribution is 6.35. The second-order valence-electron chi connectivity index (χ2n) is 6.43. The fourth-order valence-electron chi connectivity index (χ4n) is 2.94. The first-order chi connectivity index (χ1) is 12.9. The fourth-order valence-corrected chi connectivity index (χ4v) is 3.66. The Morgan fingerprint density at radius 1 is 1.15 bits per heavy atom. The summed E-state index contributed by atoms with van der Waals surface area (Å²) in [5.41, 5.74) is 1.59. The Bertz CT molecular complexity index is 840. The maximum Gasteiger partial charge on any atom is 0.227 e. The molecule has 1 fully saturated rings. The van der Waals surface area contributed by atoms with Crippen LogP contribution in [0.5, 0.6) is 0 Å². The van der Waals surface area contributed by atoms with E-state index in [0.29, 0.717) is 58.7 Å². The van der Waals surface area contributed by atoms with E-state index < -0.39 is 0 Å². The Hall–Kier alpha value is -1.76. The number of aryl methyl sites for hydroxylation is 1. The highest BCUT2D eigenvalue weighted by atomic mass is 35.5. The predicted octanol–water partition coefficient (Wildman–Crippen LogP) is 4.20. The zero-order valence-electron chi connectivity index (χ0n) is 15.0. The van der Waals surface area contributed by atoms with E-state index in [2.05, 4.69) is 20.2 Å². The molecule has 0 aliphatic carbocycles. The molecule has 1 aromatic heterocycles. The first-order valence-electron chi connectivity index (χ1n) is 8.59. The van der Waals surface area contributed by atoms with Crippen LogP contribution in [0.1, 0.15) is 24.2 Å². The Labute approximate surface area is 173 Å². The number of nitrogens with one attached hydrogen (secondary N) is 1. The molecular weight excluding hydrogens is 409 g/mol. The molecule has 1 aromatic carbocycles. The lowest BCUT2D eigenvalue weighted by Gasteiger charge is -2.33. The van der Waals surface area contributed by atoms with Gasteiger partial charge in [0.15, 0.2) is 5.82 Å². The monoisotopic (exact) mass is 427 g/mol. The lowest BCUT2D eigenvalue weighted by molar-refractivity contribution is -0.118. The standard InChI is InChI=1S/C18H20Cl3N5O/c1-11(14-4-3-13(19)9-15(14)20)22-17-16(21)12(2)23-18(24-17)26-7-5-25(10-27)6-8-26/h3-4,9-11H,5-8H2,1-2H3,(H,22,23,24). The molecule has 0 radical (unpaired) electrons. The number of aromatic nitrogens is 2. The smallest absolute Gasteiger partial charge is 0.227 e. The Morgan fingerprint density at radius 3 is 2.48 bits per heavy atom. The highest BCUT2D eigenvalue weighted by Gasteiger charge is 2.21. The third-order valence-corrected chi connectivity index (χ3v) is 5.55. The Morgan fingerprint density at radius 2 is 1.85 bits per heavy atom. The van der Waals surface area contributed by atoms with E-state index in [4.69, 9.17) is 34.8 Å². The number of halogens is 3. The van der Waals surface area contributed by atoms with E-state index in [1.165, 1.54) is 0 Å². The van der Waals surface area contributed by atoms with Gasteiger partial charge < -0.3 is 15.1 Å². The van der Waals surface area contributed by atoms with Crippen molar-refractivity contribution in [2.45, 2.75) is 19.9 Å². The van der Waals surface area contributed by atoms with Gasteiger partial charge in [0.25, 0.3) is 0 Å². The number of carbonyl (C=O) groups excluding carboxylic acids is 1. The van der Waals surface area contributed by atoms with Crippen molar-refractivity contribution in [3.63, 3.8) is 0 Å². The van der Waals surface area contributed by atoms with E-state index in [1.54, 1.807) is 17.0 Å². The summed E-state index contributed by atoms with van der Waals surface area (Å²) >= 11 is 18.7. The molecule has 0 bridgehead atoms. The number of nitrogens with zero attached hydrogens (tertiary/aromatic N) is 4. The van der Waals surface area contributed by atoms with E-state index in [1.807, 2.05) is 19.9 Å². The molecular formula is C18H20Cl3N5O. The minimum absolute atomic E-state index is 0.124. The van der Waals surface area contributed by atoms with E-state index in [9.17, 15) is 4.79 Å². The van der Waals surface area contributed by atoms with Crippen molar-refractivity contribution in [2.24, 2.45) is 0 Å². The van der Waals surface area contributed by atoms with Gasteiger partial charge in [-0.15, -0.1) is 0 Å². The Balaban J connectivity index is 1.82. The lowest BCUT2D eigenvalue weighted by Crippen LogP contribution is -2.46. The molecule has 1 amide bonds. The first-order valence-corrected chi connectivity index (χ1v) is 9.72. The van der Waals surface area contributed by atoms with E-state index in [0.717, 1.165) is 12.0 Å². The molecule has 1 atom stereocenters. The molecule has 1 unspecified atom stereocenters. The maximum atomic E-state index is 10.9. The summed E-state index contributed by atoms with van der Waals surface area (Å²) in [5.74, 6) is 1.15. The summed E-state index contributed by atoms with van der Waals surface area (Å²) in [6, 6.07) is 5.26. The van der Waals surface area contributed by atoms with Crippen LogP contribution in [-0.4, -0.2) is 47.5 Å². The normalized spacial score (nSPS) is 15.6. The molecule has 1 N–H and O–H groups in total. The van der Waals surface area contributed by atoms with Gasteiger partial charge in [0.2, 0.25) is 12.4 Å². The van der Waals surface area contributed by atoms with E-state index >= 15 is 0 Å². The molecule has 0 saturated carbocycles. The fraction of sp³-hybridized carbons (Fsp3) is 0.389. The minimum Gasteiger partial charge on any atom is -0.362 e. The molecule has 1 aliphatic rings. The van der Waals surface area contributed by atoms with Crippen LogP contribution in [-0.2, 0) is 4.79 Å². The van der Waals surface area contributed by atoms with Gasteiger partial charge in [-0.25, -0.2) is 4.98 Å². The zero-order valence-corrected chi connectivity index (χ0v) is 17.3. The van der Waals surface area contributed by atoms with Gasteiger partial charge in [0.1, 0.15) is 5.02 Å². The summed E-state index contributed by atoms with van der Waals surface area (Å²) in [5, 5.41) is 4.96. The summed E-state index contributed by atoms with van der Waals surface area (Å²) < 4.78 is 0. The molecule has 2 heterocycles. The van der Waals surface area contributed by atoms with Crippen molar-refractivity contribution in [3.05, 3.63) is 44.5 Å². The van der Waals surface area contributed by atoms with Crippen LogP contribution in [0.2, 0.25) is 15.1 Å². The zero-order chi connectivity index (χ0) is 19.6. The van der Waals surface area contributed by atoms with Crippen molar-refractivity contribution < 1.29 is 4.79 Å². The number of anilines is 2. The van der Waals surface area contributed by atoms with Crippen LogP contribution in [0.15, 0.2) is 18.2 Å². The van der Waals surface area contributed by atoms with Gasteiger partial charge in [-0.1, -0.05) is 40.9 Å². The van der Waals surface area contributed by atoms with Crippen molar-refractivity contribution in [1.82, 2.24) is 14.9 Å². The summed E-state index contributed by atoms with van der Waals surface area (Å²) in [6.45, 7) is 6.48. The van der Waals surface area contributed by atoms with E-state index in [-0.39, 0.29) is 6.04 Å². The number of amides is 1. The number of piperazine rings is 1.